The van der Waals surface area contributed by atoms with Crippen molar-refractivity contribution in [3.8, 4) is 0 Å². The van der Waals surface area contributed by atoms with E-state index in [1.807, 2.05) is 0 Å². The molecule has 1 fully saturated rings. The molecule has 1 rings (SSSR count). The molecule has 1 heterocycles. The first kappa shape index (κ1) is 26.6. The summed E-state index contributed by atoms with van der Waals surface area (Å²) in [5.74, 6) is -3.78. The van der Waals surface area contributed by atoms with E-state index in [4.69, 9.17) is 22.9 Å². The van der Waals surface area contributed by atoms with Gasteiger partial charge in [-0.25, -0.2) is 4.79 Å². The van der Waals surface area contributed by atoms with Gasteiger partial charge in [-0.3, -0.25) is 24.2 Å². The molecule has 0 aromatic rings. The van der Waals surface area contributed by atoms with Gasteiger partial charge in [0.15, 0.2) is 5.96 Å². The number of carbonyl (C=O) groups is 5. The molecule has 14 heteroatoms. The number of guanidine groups is 1. The van der Waals surface area contributed by atoms with Crippen LogP contribution in [0, 0.1) is 0 Å². The molecule has 4 amide bonds. The van der Waals surface area contributed by atoms with E-state index >= 15 is 0 Å². The standard InChI is InChI=1S/C18H32N8O6/c19-9-14(28)24-10(5-6-13(20)27)16(30)26-8-2-4-12(26)15(29)25-11(17(31)32)3-1-7-23-18(21)22/h10-12H,1-9,19H2,(H2,20,27)(H,24,28)(H,25,29)(H,31,32)(H4,21,22,23)/t10-,11-,12+/m0/s1. The summed E-state index contributed by atoms with van der Waals surface area (Å²) in [4.78, 5) is 65.1. The number of aliphatic imine (C=N–C) groups is 1. The van der Waals surface area contributed by atoms with Crippen molar-refractivity contribution < 1.29 is 29.1 Å². The van der Waals surface area contributed by atoms with Gasteiger partial charge in [-0.2, -0.15) is 0 Å². The third-order valence-electron chi connectivity index (χ3n) is 4.90. The molecule has 0 radical (unpaired) electrons. The van der Waals surface area contributed by atoms with E-state index in [0.717, 1.165) is 0 Å². The largest absolute Gasteiger partial charge is 0.480 e. The second-order valence-electron chi connectivity index (χ2n) is 7.37. The maximum atomic E-state index is 13.0. The fraction of sp³-hybridized carbons (Fsp3) is 0.667. The van der Waals surface area contributed by atoms with Crippen molar-refractivity contribution in [3.05, 3.63) is 0 Å². The fourth-order valence-electron chi connectivity index (χ4n) is 3.33. The molecule has 0 aliphatic carbocycles. The maximum Gasteiger partial charge on any atom is 0.326 e. The summed E-state index contributed by atoms with van der Waals surface area (Å²) in [5, 5.41) is 14.3. The Morgan fingerprint density at radius 3 is 2.31 bits per heavy atom. The van der Waals surface area contributed by atoms with Crippen LogP contribution in [0.15, 0.2) is 4.99 Å². The molecule has 180 valence electrons. The molecule has 0 saturated carbocycles. The van der Waals surface area contributed by atoms with E-state index in [2.05, 4.69) is 15.6 Å². The van der Waals surface area contributed by atoms with Crippen LogP contribution in [0.4, 0.5) is 0 Å². The van der Waals surface area contributed by atoms with Crippen LogP contribution in [-0.4, -0.2) is 83.3 Å². The lowest BCUT2D eigenvalue weighted by Crippen LogP contribution is -2.55. The Bertz CT molecular complexity index is 739. The van der Waals surface area contributed by atoms with Gasteiger partial charge in [0, 0.05) is 19.5 Å². The molecular formula is C18H32N8O6. The van der Waals surface area contributed by atoms with E-state index in [1.165, 1.54) is 4.90 Å². The fourth-order valence-corrected chi connectivity index (χ4v) is 3.33. The van der Waals surface area contributed by atoms with Crippen LogP contribution in [0.3, 0.4) is 0 Å². The summed E-state index contributed by atoms with van der Waals surface area (Å²) in [6, 6.07) is -3.17. The topological polar surface area (TPSA) is 249 Å². The van der Waals surface area contributed by atoms with Crippen molar-refractivity contribution >= 4 is 35.6 Å². The lowest BCUT2D eigenvalue weighted by atomic mass is 10.1. The molecular weight excluding hydrogens is 424 g/mol. The van der Waals surface area contributed by atoms with Gasteiger partial charge in [-0.05, 0) is 32.1 Å². The van der Waals surface area contributed by atoms with Gasteiger partial charge in [-0.1, -0.05) is 0 Å². The van der Waals surface area contributed by atoms with E-state index in [9.17, 15) is 29.1 Å². The smallest absolute Gasteiger partial charge is 0.326 e. The van der Waals surface area contributed by atoms with Crippen LogP contribution in [0.5, 0.6) is 0 Å². The lowest BCUT2D eigenvalue weighted by molar-refractivity contribution is -0.145. The number of nitrogens with zero attached hydrogens (tertiary/aromatic N) is 2. The molecule has 3 atom stereocenters. The van der Waals surface area contributed by atoms with Crippen molar-refractivity contribution in [1.82, 2.24) is 15.5 Å². The molecule has 1 aliphatic heterocycles. The molecule has 32 heavy (non-hydrogen) atoms. The van der Waals surface area contributed by atoms with Crippen LogP contribution in [-0.2, 0) is 24.0 Å². The summed E-state index contributed by atoms with van der Waals surface area (Å²) < 4.78 is 0. The number of likely N-dealkylation sites (tertiary alicyclic amines) is 1. The zero-order valence-corrected chi connectivity index (χ0v) is 17.8. The average Bonchev–Trinajstić information content (AvgIpc) is 3.21. The number of nitrogens with one attached hydrogen (secondary N) is 2. The number of carboxylic acids is 1. The van der Waals surface area contributed by atoms with Crippen molar-refractivity contribution in [3.63, 3.8) is 0 Å². The van der Waals surface area contributed by atoms with Crippen molar-refractivity contribution in [2.24, 2.45) is 27.9 Å². The highest BCUT2D eigenvalue weighted by atomic mass is 16.4. The zero-order valence-electron chi connectivity index (χ0n) is 17.8. The summed E-state index contributed by atoms with van der Waals surface area (Å²) in [6.07, 6.45) is 1.05. The first-order valence-electron chi connectivity index (χ1n) is 10.2. The highest BCUT2D eigenvalue weighted by Crippen LogP contribution is 2.20. The number of carbonyl (C=O) groups excluding carboxylic acids is 4. The van der Waals surface area contributed by atoms with Crippen molar-refractivity contribution in [2.45, 2.75) is 56.7 Å². The molecule has 11 N–H and O–H groups in total. The number of aliphatic carboxylic acids is 1. The van der Waals surface area contributed by atoms with Crippen LogP contribution >= 0.6 is 0 Å². The Balaban J connectivity index is 2.84. The van der Waals surface area contributed by atoms with Gasteiger partial charge in [0.2, 0.25) is 23.6 Å². The molecule has 14 nitrogen and oxygen atoms in total. The van der Waals surface area contributed by atoms with Crippen LogP contribution < -0.4 is 33.6 Å². The number of rotatable bonds is 13. The molecule has 0 bridgehead atoms. The molecule has 1 saturated heterocycles. The van der Waals surface area contributed by atoms with Gasteiger partial charge in [-0.15, -0.1) is 0 Å². The molecule has 1 aliphatic rings. The molecule has 0 aromatic heterocycles. The maximum absolute atomic E-state index is 13.0. The first-order chi connectivity index (χ1) is 15.1. The van der Waals surface area contributed by atoms with Crippen molar-refractivity contribution in [1.29, 1.82) is 0 Å². The van der Waals surface area contributed by atoms with E-state index in [-0.39, 0.29) is 44.9 Å². The number of amides is 4. The molecule has 0 spiro atoms. The second-order valence-corrected chi connectivity index (χ2v) is 7.37. The highest BCUT2D eigenvalue weighted by molar-refractivity contribution is 5.94. The third kappa shape index (κ3) is 8.75. The number of carboxylic acid groups (broad SMARTS) is 1. The number of primary amides is 1. The summed E-state index contributed by atoms with van der Waals surface area (Å²) in [5.41, 5.74) is 20.9. The summed E-state index contributed by atoms with van der Waals surface area (Å²) >= 11 is 0. The minimum atomic E-state index is -1.23. The molecule has 0 unspecified atom stereocenters. The van der Waals surface area contributed by atoms with Crippen LogP contribution in [0.25, 0.3) is 0 Å². The SMILES string of the molecule is NCC(=O)N[C@@H](CCC(N)=O)C(=O)N1CCC[C@@H]1C(=O)N[C@@H](CCCN=C(N)N)C(=O)O. The van der Waals surface area contributed by atoms with Crippen LogP contribution in [0.1, 0.15) is 38.5 Å². The predicted molar refractivity (Wildman–Crippen MR) is 114 cm³/mol. The predicted octanol–water partition coefficient (Wildman–Crippen LogP) is -3.69. The van der Waals surface area contributed by atoms with E-state index < -0.39 is 47.7 Å². The Morgan fingerprint density at radius 2 is 1.75 bits per heavy atom. The Morgan fingerprint density at radius 1 is 1.06 bits per heavy atom. The average molecular weight is 457 g/mol. The highest BCUT2D eigenvalue weighted by Gasteiger charge is 2.38. The third-order valence-corrected chi connectivity index (χ3v) is 4.90. The van der Waals surface area contributed by atoms with Gasteiger partial charge >= 0.3 is 5.97 Å². The Hall–Kier alpha value is -3.42. The Kier molecular flexibility index (Phi) is 10.9. The van der Waals surface area contributed by atoms with Crippen molar-refractivity contribution in [2.75, 3.05) is 19.6 Å². The van der Waals surface area contributed by atoms with Gasteiger partial charge in [0.05, 0.1) is 6.54 Å². The van der Waals surface area contributed by atoms with E-state index in [0.29, 0.717) is 19.3 Å². The zero-order chi connectivity index (χ0) is 24.3. The first-order valence-corrected chi connectivity index (χ1v) is 10.2. The monoisotopic (exact) mass is 456 g/mol. The van der Waals surface area contributed by atoms with Gasteiger partial charge in [0.1, 0.15) is 18.1 Å². The number of hydrogen-bond donors (Lipinski definition) is 7. The Labute approximate surface area is 185 Å². The van der Waals surface area contributed by atoms with Gasteiger partial charge < -0.3 is 43.6 Å². The van der Waals surface area contributed by atoms with Gasteiger partial charge in [0.25, 0.3) is 0 Å². The summed E-state index contributed by atoms with van der Waals surface area (Å²) in [7, 11) is 0. The number of nitrogens with two attached hydrogens (primary N) is 4. The minimum Gasteiger partial charge on any atom is -0.480 e. The minimum absolute atomic E-state index is 0.0483. The summed E-state index contributed by atoms with van der Waals surface area (Å²) in [6.45, 7) is 0.0908. The van der Waals surface area contributed by atoms with Crippen LogP contribution in [0.2, 0.25) is 0 Å². The molecule has 0 aromatic carbocycles. The normalized spacial score (nSPS) is 17.2. The number of hydrogen-bond acceptors (Lipinski definition) is 7. The second kappa shape index (κ2) is 13.1. The van der Waals surface area contributed by atoms with E-state index in [1.54, 1.807) is 0 Å². The lowest BCUT2D eigenvalue weighted by Gasteiger charge is -2.29. The quantitative estimate of drug-likeness (QED) is 0.0817.